The molecule has 8 nitrogen and oxygen atoms in total. The summed E-state index contributed by atoms with van der Waals surface area (Å²) in [7, 11) is 0. The van der Waals surface area contributed by atoms with Crippen LogP contribution in [0.25, 0.3) is 10.6 Å². The molecule has 3 rings (SSSR count). The minimum Gasteiger partial charge on any atom is -0.478 e. The van der Waals surface area contributed by atoms with Crippen molar-refractivity contribution in [3.05, 3.63) is 53.3 Å². The standard InChI is InChI=1S/C19H21N5O3S/c25-18(8-7-14-5-1-2-6-15(14)19(26)27)21-9-3-4-10-24-12-16(22-23-24)17-11-20-13-28-17/h1-2,5-6,11-13H,3-4,7-10H2,(H,21,25)(H,26,27). The number of aromatic nitrogens is 4. The van der Waals surface area contributed by atoms with Gasteiger partial charge in [-0.25, -0.2) is 4.79 Å². The average Bonchev–Trinajstić information content (AvgIpc) is 3.38. The molecule has 1 amide bonds. The summed E-state index contributed by atoms with van der Waals surface area (Å²) in [5.41, 5.74) is 3.50. The number of aromatic carboxylic acids is 1. The Labute approximate surface area is 166 Å². The van der Waals surface area contributed by atoms with E-state index in [1.54, 1.807) is 40.7 Å². The molecule has 0 aliphatic rings. The van der Waals surface area contributed by atoms with Crippen LogP contribution in [-0.2, 0) is 17.8 Å². The van der Waals surface area contributed by atoms with Crippen LogP contribution in [0.4, 0.5) is 0 Å². The molecular weight excluding hydrogens is 378 g/mol. The topological polar surface area (TPSA) is 110 Å². The number of aryl methyl sites for hydroxylation is 2. The summed E-state index contributed by atoms with van der Waals surface area (Å²) in [4.78, 5) is 28.2. The van der Waals surface area contributed by atoms with E-state index in [0.29, 0.717) is 18.5 Å². The third-order valence-electron chi connectivity index (χ3n) is 4.23. The second-order valence-electron chi connectivity index (χ2n) is 6.25. The molecule has 0 fully saturated rings. The van der Waals surface area contributed by atoms with Crippen LogP contribution in [0, 0.1) is 0 Å². The minimum atomic E-state index is -0.970. The largest absolute Gasteiger partial charge is 0.478 e. The van der Waals surface area contributed by atoms with Gasteiger partial charge in [-0.3, -0.25) is 14.5 Å². The smallest absolute Gasteiger partial charge is 0.335 e. The molecule has 0 aliphatic heterocycles. The highest BCUT2D eigenvalue weighted by atomic mass is 32.1. The number of benzene rings is 1. The molecule has 1 aromatic carbocycles. The van der Waals surface area contributed by atoms with Crippen molar-refractivity contribution in [2.75, 3.05) is 6.54 Å². The number of hydrogen-bond donors (Lipinski definition) is 2. The van der Waals surface area contributed by atoms with Gasteiger partial charge in [-0.2, -0.15) is 0 Å². The van der Waals surface area contributed by atoms with Crippen LogP contribution in [-0.4, -0.2) is 43.5 Å². The Morgan fingerprint density at radius 2 is 2.07 bits per heavy atom. The van der Waals surface area contributed by atoms with Crippen molar-refractivity contribution in [3.8, 4) is 10.6 Å². The maximum Gasteiger partial charge on any atom is 0.335 e. The van der Waals surface area contributed by atoms with Gasteiger partial charge >= 0.3 is 5.97 Å². The summed E-state index contributed by atoms with van der Waals surface area (Å²) in [5, 5.41) is 20.3. The van der Waals surface area contributed by atoms with Crippen molar-refractivity contribution in [2.45, 2.75) is 32.2 Å². The molecule has 0 saturated carbocycles. The summed E-state index contributed by atoms with van der Waals surface area (Å²) in [5.74, 6) is -1.05. The molecular formula is C19H21N5O3S. The van der Waals surface area contributed by atoms with E-state index in [9.17, 15) is 9.59 Å². The molecule has 0 saturated heterocycles. The number of unbranched alkanes of at least 4 members (excludes halogenated alkanes) is 1. The summed E-state index contributed by atoms with van der Waals surface area (Å²) < 4.78 is 1.79. The predicted octanol–water partition coefficient (Wildman–Crippen LogP) is 2.63. The number of hydrogen-bond acceptors (Lipinski definition) is 6. The first-order chi connectivity index (χ1) is 13.6. The Kier molecular flexibility index (Phi) is 6.85. The number of amides is 1. The van der Waals surface area contributed by atoms with Gasteiger partial charge in [0.25, 0.3) is 0 Å². The van der Waals surface area contributed by atoms with E-state index in [1.807, 2.05) is 6.20 Å². The molecule has 2 N–H and O–H groups in total. The maximum absolute atomic E-state index is 12.0. The Morgan fingerprint density at radius 3 is 2.86 bits per heavy atom. The zero-order chi connectivity index (χ0) is 19.8. The number of carboxylic acids is 1. The van der Waals surface area contributed by atoms with Crippen molar-refractivity contribution in [2.24, 2.45) is 0 Å². The van der Waals surface area contributed by atoms with E-state index in [4.69, 9.17) is 5.11 Å². The third kappa shape index (κ3) is 5.46. The minimum absolute atomic E-state index is 0.0755. The number of nitrogens with zero attached hydrogens (tertiary/aromatic N) is 4. The van der Waals surface area contributed by atoms with Gasteiger partial charge in [-0.1, -0.05) is 23.4 Å². The number of carbonyl (C=O) groups is 2. The zero-order valence-corrected chi connectivity index (χ0v) is 16.1. The number of carboxylic acid groups (broad SMARTS) is 1. The lowest BCUT2D eigenvalue weighted by atomic mass is 10.0. The fourth-order valence-electron chi connectivity index (χ4n) is 2.77. The Bertz CT molecular complexity index is 923. The first-order valence-corrected chi connectivity index (χ1v) is 9.88. The lowest BCUT2D eigenvalue weighted by Crippen LogP contribution is -2.25. The van der Waals surface area contributed by atoms with Gasteiger partial charge < -0.3 is 10.4 Å². The van der Waals surface area contributed by atoms with Crippen LogP contribution in [0.15, 0.2) is 42.2 Å². The van der Waals surface area contributed by atoms with Gasteiger partial charge in [0.2, 0.25) is 5.91 Å². The van der Waals surface area contributed by atoms with Crippen LogP contribution in [0.3, 0.4) is 0 Å². The highest BCUT2D eigenvalue weighted by Crippen LogP contribution is 2.19. The van der Waals surface area contributed by atoms with E-state index in [0.717, 1.165) is 30.0 Å². The van der Waals surface area contributed by atoms with E-state index in [1.165, 1.54) is 11.3 Å². The lowest BCUT2D eigenvalue weighted by molar-refractivity contribution is -0.121. The van der Waals surface area contributed by atoms with Gasteiger partial charge in [0, 0.05) is 25.7 Å². The zero-order valence-electron chi connectivity index (χ0n) is 15.2. The van der Waals surface area contributed by atoms with E-state index >= 15 is 0 Å². The summed E-state index contributed by atoms with van der Waals surface area (Å²) in [6.07, 6.45) is 6.04. The first kappa shape index (κ1) is 19.7. The molecule has 9 heteroatoms. The van der Waals surface area contributed by atoms with Gasteiger partial charge in [0.15, 0.2) is 0 Å². The third-order valence-corrected chi connectivity index (χ3v) is 5.02. The second kappa shape index (κ2) is 9.75. The van der Waals surface area contributed by atoms with Gasteiger partial charge in [0.05, 0.1) is 22.1 Å². The van der Waals surface area contributed by atoms with Crippen molar-refractivity contribution in [1.82, 2.24) is 25.3 Å². The molecule has 3 aromatic rings. The van der Waals surface area contributed by atoms with Crippen molar-refractivity contribution in [1.29, 1.82) is 0 Å². The Hall–Kier alpha value is -3.07. The molecule has 2 heterocycles. The monoisotopic (exact) mass is 399 g/mol. The van der Waals surface area contributed by atoms with Crippen LogP contribution in [0.5, 0.6) is 0 Å². The number of carbonyl (C=O) groups excluding carboxylic acids is 1. The number of rotatable bonds is 10. The molecule has 0 bridgehead atoms. The maximum atomic E-state index is 12.0. The highest BCUT2D eigenvalue weighted by molar-refractivity contribution is 7.13. The van der Waals surface area contributed by atoms with Crippen LogP contribution >= 0.6 is 11.3 Å². The summed E-state index contributed by atoms with van der Waals surface area (Å²) in [6.45, 7) is 1.31. The normalized spacial score (nSPS) is 10.7. The van der Waals surface area contributed by atoms with E-state index < -0.39 is 5.97 Å². The van der Waals surface area contributed by atoms with E-state index in [-0.39, 0.29) is 17.9 Å². The lowest BCUT2D eigenvalue weighted by Gasteiger charge is -2.07. The molecule has 0 radical (unpaired) electrons. The number of nitrogens with one attached hydrogen (secondary N) is 1. The van der Waals surface area contributed by atoms with Gasteiger partial charge in [0.1, 0.15) is 5.69 Å². The summed E-state index contributed by atoms with van der Waals surface area (Å²) in [6, 6.07) is 6.77. The van der Waals surface area contributed by atoms with E-state index in [2.05, 4.69) is 20.6 Å². The Balaban J connectivity index is 1.33. The summed E-state index contributed by atoms with van der Waals surface area (Å²) >= 11 is 1.52. The van der Waals surface area contributed by atoms with Crippen molar-refractivity contribution in [3.63, 3.8) is 0 Å². The van der Waals surface area contributed by atoms with Crippen LogP contribution in [0.1, 0.15) is 35.2 Å². The first-order valence-electron chi connectivity index (χ1n) is 9.00. The SMILES string of the molecule is O=C(CCc1ccccc1C(=O)O)NCCCCn1cc(-c2cncs2)nn1. The molecule has 28 heavy (non-hydrogen) atoms. The van der Waals surface area contributed by atoms with Crippen LogP contribution < -0.4 is 5.32 Å². The molecule has 0 atom stereocenters. The molecule has 0 spiro atoms. The molecule has 2 aromatic heterocycles. The second-order valence-corrected chi connectivity index (χ2v) is 7.14. The Morgan fingerprint density at radius 1 is 1.21 bits per heavy atom. The highest BCUT2D eigenvalue weighted by Gasteiger charge is 2.10. The van der Waals surface area contributed by atoms with Gasteiger partial charge in [-0.05, 0) is 30.9 Å². The average molecular weight is 399 g/mol. The molecule has 0 aliphatic carbocycles. The van der Waals surface area contributed by atoms with Crippen molar-refractivity contribution < 1.29 is 14.7 Å². The molecule has 146 valence electrons. The fourth-order valence-corrected chi connectivity index (χ4v) is 3.34. The van der Waals surface area contributed by atoms with Crippen LogP contribution in [0.2, 0.25) is 0 Å². The molecule has 0 unspecified atom stereocenters. The van der Waals surface area contributed by atoms with Gasteiger partial charge in [-0.15, -0.1) is 16.4 Å². The quantitative estimate of drug-likeness (QED) is 0.507. The predicted molar refractivity (Wildman–Crippen MR) is 105 cm³/mol. The fraction of sp³-hybridized carbons (Fsp3) is 0.316. The number of thiazole rings is 1. The van der Waals surface area contributed by atoms with Crippen molar-refractivity contribution >= 4 is 23.2 Å².